The van der Waals surface area contributed by atoms with E-state index in [1.807, 2.05) is 54.6 Å². The number of amides is 1. The molecule has 2 heterocycles. The monoisotopic (exact) mass is 484 g/mol. The zero-order valence-corrected chi connectivity index (χ0v) is 19.0. The highest BCUT2D eigenvalue weighted by molar-refractivity contribution is 7.99. The van der Waals surface area contributed by atoms with Gasteiger partial charge in [-0.05, 0) is 64.2 Å². The molecule has 11 heteroatoms. The van der Waals surface area contributed by atoms with E-state index in [1.165, 1.54) is 29.7 Å². The number of carbonyl (C=O) groups is 1. The second-order valence-electron chi connectivity index (χ2n) is 6.38. The van der Waals surface area contributed by atoms with Gasteiger partial charge < -0.3 is 4.42 Å². The fourth-order valence-corrected chi connectivity index (χ4v) is 4.23. The summed E-state index contributed by atoms with van der Waals surface area (Å²) in [5.74, 6) is 1.32. The number of rotatable bonds is 9. The highest BCUT2D eigenvalue weighted by Crippen LogP contribution is 2.28. The fourth-order valence-electron chi connectivity index (χ4n) is 2.56. The molecule has 0 bridgehead atoms. The van der Waals surface area contributed by atoms with Crippen molar-refractivity contribution in [2.24, 2.45) is 5.10 Å². The Morgan fingerprint density at radius 2 is 1.94 bits per heavy atom. The van der Waals surface area contributed by atoms with E-state index in [4.69, 9.17) is 16.0 Å². The van der Waals surface area contributed by atoms with Gasteiger partial charge >= 0.3 is 0 Å². The Labute approximate surface area is 197 Å². The van der Waals surface area contributed by atoms with Gasteiger partial charge in [0.2, 0.25) is 11.1 Å². The highest BCUT2D eigenvalue weighted by Gasteiger charge is 2.12. The van der Waals surface area contributed by atoms with E-state index in [-0.39, 0.29) is 5.91 Å². The first kappa shape index (κ1) is 22.1. The Kier molecular flexibility index (Phi) is 7.59. The van der Waals surface area contributed by atoms with Crippen molar-refractivity contribution < 1.29 is 9.21 Å². The minimum absolute atomic E-state index is 0.191. The number of carbonyl (C=O) groups excluding carboxylic acids is 1. The third-order valence-corrected chi connectivity index (χ3v) is 6.15. The minimum Gasteiger partial charge on any atom is -0.448 e. The van der Waals surface area contributed by atoms with E-state index in [0.29, 0.717) is 26.8 Å². The number of nitrogens with one attached hydrogen (secondary N) is 1. The number of hydrogen-bond acceptors (Lipinski definition) is 8. The average molecular weight is 485 g/mol. The van der Waals surface area contributed by atoms with Crippen molar-refractivity contribution in [3.05, 3.63) is 83.1 Å². The average Bonchev–Trinajstić information content (AvgIpc) is 3.46. The van der Waals surface area contributed by atoms with Crippen LogP contribution in [-0.2, 0) is 10.5 Å². The Morgan fingerprint density at radius 1 is 1.12 bits per heavy atom. The zero-order chi connectivity index (χ0) is 22.2. The SMILES string of the molecule is O=C(CSCc1ccc(Cl)cc1)N/N=C/c1ccc(Sc2nnnn2-c2ccccc2)o1. The fraction of sp³-hybridized carbons (Fsp3) is 0.0952. The second kappa shape index (κ2) is 11.0. The molecular formula is C21H17ClN6O2S2. The molecule has 1 N–H and O–H groups in total. The molecule has 0 fully saturated rings. The summed E-state index contributed by atoms with van der Waals surface area (Å²) in [5, 5.41) is 17.6. The standard InChI is InChI=1S/C21H17ClN6O2S2/c22-16-8-6-15(7-9-16)13-31-14-19(29)24-23-12-18-10-11-20(30-18)32-21-25-26-27-28(21)17-4-2-1-3-5-17/h1-12H,13-14H2,(H,24,29)/b23-12+. The predicted octanol–water partition coefficient (Wildman–Crippen LogP) is 4.44. The van der Waals surface area contributed by atoms with Gasteiger partial charge in [-0.15, -0.1) is 16.9 Å². The summed E-state index contributed by atoms with van der Waals surface area (Å²) in [6.45, 7) is 0. The Balaban J connectivity index is 1.25. The summed E-state index contributed by atoms with van der Waals surface area (Å²) in [6, 6.07) is 20.7. The number of furan rings is 1. The van der Waals surface area contributed by atoms with Gasteiger partial charge in [0.15, 0.2) is 5.09 Å². The van der Waals surface area contributed by atoms with Crippen molar-refractivity contribution in [3.63, 3.8) is 0 Å². The molecule has 1 amide bonds. The first-order valence-corrected chi connectivity index (χ1v) is 11.8. The molecule has 4 rings (SSSR count). The molecule has 32 heavy (non-hydrogen) atoms. The molecule has 0 radical (unpaired) electrons. The number of thioether (sulfide) groups is 1. The van der Waals surface area contributed by atoms with Gasteiger partial charge in [0, 0.05) is 10.8 Å². The minimum atomic E-state index is -0.191. The maximum absolute atomic E-state index is 11.9. The maximum Gasteiger partial charge on any atom is 0.250 e. The van der Waals surface area contributed by atoms with Gasteiger partial charge in [0.05, 0.1) is 17.7 Å². The number of halogens is 1. The van der Waals surface area contributed by atoms with Crippen LogP contribution in [0.2, 0.25) is 5.02 Å². The van der Waals surface area contributed by atoms with Crippen LogP contribution in [0, 0.1) is 0 Å². The van der Waals surface area contributed by atoms with E-state index in [0.717, 1.165) is 17.0 Å². The van der Waals surface area contributed by atoms with Crippen molar-refractivity contribution in [3.8, 4) is 5.69 Å². The molecule has 2 aromatic carbocycles. The molecule has 4 aromatic rings. The van der Waals surface area contributed by atoms with E-state index >= 15 is 0 Å². The topological polar surface area (TPSA) is 98.2 Å². The quantitative estimate of drug-likeness (QED) is 0.277. The number of hydrogen-bond donors (Lipinski definition) is 1. The second-order valence-corrected chi connectivity index (χ2v) is 8.77. The lowest BCUT2D eigenvalue weighted by Gasteiger charge is -2.02. The first-order valence-electron chi connectivity index (χ1n) is 9.43. The van der Waals surface area contributed by atoms with E-state index in [9.17, 15) is 4.79 Å². The molecule has 0 aliphatic heterocycles. The van der Waals surface area contributed by atoms with E-state index in [1.54, 1.807) is 16.8 Å². The largest absolute Gasteiger partial charge is 0.448 e. The normalized spacial score (nSPS) is 11.2. The van der Waals surface area contributed by atoms with Gasteiger partial charge in [-0.2, -0.15) is 9.78 Å². The number of hydrazone groups is 1. The molecule has 0 saturated carbocycles. The molecule has 0 spiro atoms. The molecule has 0 atom stereocenters. The summed E-state index contributed by atoms with van der Waals surface area (Å²) in [7, 11) is 0. The zero-order valence-electron chi connectivity index (χ0n) is 16.6. The van der Waals surface area contributed by atoms with Gasteiger partial charge in [-0.1, -0.05) is 41.9 Å². The molecule has 0 aliphatic carbocycles. The van der Waals surface area contributed by atoms with Crippen LogP contribution in [0.3, 0.4) is 0 Å². The third kappa shape index (κ3) is 6.22. The number of benzene rings is 2. The maximum atomic E-state index is 11.9. The highest BCUT2D eigenvalue weighted by atomic mass is 35.5. The molecule has 8 nitrogen and oxygen atoms in total. The van der Waals surface area contributed by atoms with Crippen LogP contribution in [0.15, 0.2) is 86.5 Å². The van der Waals surface area contributed by atoms with Gasteiger partial charge in [0.25, 0.3) is 0 Å². The smallest absolute Gasteiger partial charge is 0.250 e. The summed E-state index contributed by atoms with van der Waals surface area (Å²) >= 11 is 8.65. The summed E-state index contributed by atoms with van der Waals surface area (Å²) < 4.78 is 7.34. The van der Waals surface area contributed by atoms with Gasteiger partial charge in [-0.25, -0.2) is 5.43 Å². The van der Waals surface area contributed by atoms with E-state index < -0.39 is 0 Å². The summed E-state index contributed by atoms with van der Waals surface area (Å²) in [6.07, 6.45) is 1.45. The number of tetrazole rings is 1. The predicted molar refractivity (Wildman–Crippen MR) is 125 cm³/mol. The Morgan fingerprint density at radius 3 is 2.75 bits per heavy atom. The van der Waals surface area contributed by atoms with Crippen LogP contribution >= 0.6 is 35.1 Å². The molecular weight excluding hydrogens is 468 g/mol. The Bertz CT molecular complexity index is 1190. The van der Waals surface area contributed by atoms with Crippen LogP contribution in [0.1, 0.15) is 11.3 Å². The number of aromatic nitrogens is 4. The Hall–Kier alpha value is -3.08. The van der Waals surface area contributed by atoms with E-state index in [2.05, 4.69) is 26.1 Å². The lowest BCUT2D eigenvalue weighted by molar-refractivity contribution is -0.118. The summed E-state index contributed by atoms with van der Waals surface area (Å²) in [5.41, 5.74) is 4.46. The third-order valence-electron chi connectivity index (χ3n) is 4.03. The molecule has 0 saturated heterocycles. The van der Waals surface area contributed by atoms with Crippen molar-refractivity contribution >= 4 is 47.2 Å². The molecule has 0 unspecified atom stereocenters. The molecule has 2 aromatic heterocycles. The van der Waals surface area contributed by atoms with Crippen molar-refractivity contribution in [2.75, 3.05) is 5.75 Å². The lowest BCUT2D eigenvalue weighted by Crippen LogP contribution is -2.19. The number of nitrogens with zero attached hydrogens (tertiary/aromatic N) is 5. The van der Waals surface area contributed by atoms with Crippen LogP contribution < -0.4 is 5.43 Å². The van der Waals surface area contributed by atoms with Crippen molar-refractivity contribution in [2.45, 2.75) is 16.0 Å². The van der Waals surface area contributed by atoms with Crippen molar-refractivity contribution in [1.82, 2.24) is 25.6 Å². The van der Waals surface area contributed by atoms with Gasteiger partial charge in [-0.3, -0.25) is 4.79 Å². The van der Waals surface area contributed by atoms with Crippen LogP contribution in [0.5, 0.6) is 0 Å². The number of para-hydroxylation sites is 1. The van der Waals surface area contributed by atoms with Crippen LogP contribution in [0.25, 0.3) is 5.69 Å². The molecule has 0 aliphatic rings. The van der Waals surface area contributed by atoms with Crippen LogP contribution in [-0.4, -0.2) is 38.1 Å². The van der Waals surface area contributed by atoms with Crippen molar-refractivity contribution in [1.29, 1.82) is 0 Å². The lowest BCUT2D eigenvalue weighted by atomic mass is 10.2. The summed E-state index contributed by atoms with van der Waals surface area (Å²) in [4.78, 5) is 11.9. The van der Waals surface area contributed by atoms with Crippen LogP contribution in [0.4, 0.5) is 0 Å². The first-order chi connectivity index (χ1) is 15.7. The molecule has 162 valence electrons. The van der Waals surface area contributed by atoms with Gasteiger partial charge in [0.1, 0.15) is 5.76 Å².